The molecule has 5 atom stereocenters. The molecule has 6 nitrogen and oxygen atoms in total. The van der Waals surface area contributed by atoms with Crippen LogP contribution in [-0.2, 0) is 9.53 Å². The van der Waals surface area contributed by atoms with Crippen molar-refractivity contribution in [1.82, 2.24) is 10.3 Å². The number of amides is 1. The summed E-state index contributed by atoms with van der Waals surface area (Å²) >= 11 is 1.23. The first-order valence-corrected chi connectivity index (χ1v) is 7.83. The van der Waals surface area contributed by atoms with E-state index in [9.17, 15) is 9.59 Å². The summed E-state index contributed by atoms with van der Waals surface area (Å²) in [6.45, 7) is 7.69. The lowest BCUT2D eigenvalue weighted by atomic mass is 9.88. The molecule has 0 saturated carbocycles. The van der Waals surface area contributed by atoms with Crippen LogP contribution in [0.4, 0.5) is 0 Å². The van der Waals surface area contributed by atoms with Gasteiger partial charge in [-0.1, -0.05) is 6.92 Å². The monoisotopic (exact) mass is 312 g/mol. The zero-order valence-corrected chi connectivity index (χ0v) is 13.3. The second kappa shape index (κ2) is 6.11. The number of carboxylic acids is 1. The molecule has 7 heteroatoms. The van der Waals surface area contributed by atoms with Gasteiger partial charge in [0.2, 0.25) is 5.91 Å². The quantitative estimate of drug-likeness (QED) is 0.888. The van der Waals surface area contributed by atoms with Gasteiger partial charge in [-0.3, -0.25) is 4.79 Å². The maximum atomic E-state index is 12.4. The molecule has 1 saturated heterocycles. The predicted octanol–water partition coefficient (Wildman–Crippen LogP) is 2.08. The highest BCUT2D eigenvalue weighted by atomic mass is 32.1. The normalized spacial score (nSPS) is 30.1. The molecule has 2 rings (SSSR count). The molecule has 5 unspecified atom stereocenters. The fraction of sp³-hybridized carbons (Fsp3) is 0.643. The van der Waals surface area contributed by atoms with Gasteiger partial charge in [0.15, 0.2) is 5.69 Å². The van der Waals surface area contributed by atoms with Crippen molar-refractivity contribution >= 4 is 23.2 Å². The van der Waals surface area contributed by atoms with Gasteiger partial charge >= 0.3 is 5.97 Å². The Morgan fingerprint density at radius 2 is 2.05 bits per heavy atom. The van der Waals surface area contributed by atoms with E-state index in [0.29, 0.717) is 5.01 Å². The molecule has 0 aliphatic carbocycles. The molecule has 2 heterocycles. The Hall–Kier alpha value is -1.47. The Kier molecular flexibility index (Phi) is 4.63. The Morgan fingerprint density at radius 3 is 2.52 bits per heavy atom. The van der Waals surface area contributed by atoms with Gasteiger partial charge in [0, 0.05) is 5.38 Å². The molecule has 0 bridgehead atoms. The third-order valence-electron chi connectivity index (χ3n) is 4.01. The summed E-state index contributed by atoms with van der Waals surface area (Å²) in [6.07, 6.45) is -0.0578. The molecule has 1 aromatic heterocycles. The van der Waals surface area contributed by atoms with Crippen LogP contribution >= 0.6 is 11.3 Å². The SMILES string of the molecule is CC(NC(=O)C1C(C)OC(C)C1C)c1nc(C(=O)O)cs1. The maximum Gasteiger partial charge on any atom is 0.355 e. The summed E-state index contributed by atoms with van der Waals surface area (Å²) in [4.78, 5) is 27.3. The molecular weight excluding hydrogens is 292 g/mol. The number of carbonyl (C=O) groups is 2. The average Bonchev–Trinajstić information content (AvgIpc) is 2.96. The van der Waals surface area contributed by atoms with Gasteiger partial charge < -0.3 is 15.2 Å². The van der Waals surface area contributed by atoms with Crippen LogP contribution in [0.3, 0.4) is 0 Å². The minimum absolute atomic E-state index is 0.00987. The number of carboxylic acid groups (broad SMARTS) is 1. The van der Waals surface area contributed by atoms with E-state index in [-0.39, 0.29) is 41.7 Å². The number of hydrogen-bond acceptors (Lipinski definition) is 5. The molecule has 0 radical (unpaired) electrons. The summed E-state index contributed by atoms with van der Waals surface area (Å²) in [5, 5.41) is 13.9. The Balaban J connectivity index is 2.03. The summed E-state index contributed by atoms with van der Waals surface area (Å²) in [6, 6.07) is -0.314. The highest BCUT2D eigenvalue weighted by molar-refractivity contribution is 7.09. The van der Waals surface area contributed by atoms with Crippen LogP contribution < -0.4 is 5.32 Å². The topological polar surface area (TPSA) is 88.5 Å². The van der Waals surface area contributed by atoms with Crippen LogP contribution in [-0.4, -0.2) is 34.2 Å². The van der Waals surface area contributed by atoms with Crippen LogP contribution in [0.25, 0.3) is 0 Å². The molecular formula is C14H20N2O4S. The number of thiazole rings is 1. The third-order valence-corrected chi connectivity index (χ3v) is 5.04. The summed E-state index contributed by atoms with van der Waals surface area (Å²) in [7, 11) is 0. The van der Waals surface area contributed by atoms with E-state index in [0.717, 1.165) is 0 Å². The highest BCUT2D eigenvalue weighted by Crippen LogP contribution is 2.32. The largest absolute Gasteiger partial charge is 0.476 e. The van der Waals surface area contributed by atoms with Crippen molar-refractivity contribution in [2.24, 2.45) is 11.8 Å². The molecule has 1 aliphatic heterocycles. The van der Waals surface area contributed by atoms with Crippen LogP contribution in [0.5, 0.6) is 0 Å². The second-order valence-corrected chi connectivity index (χ2v) is 6.43. The standard InChI is InChI=1S/C14H20N2O4S/c1-6-8(3)20-9(4)11(6)12(17)15-7(2)13-16-10(5-21-13)14(18)19/h5-9,11H,1-4H3,(H,15,17)(H,18,19). The molecule has 116 valence electrons. The number of hydrogen-bond donors (Lipinski definition) is 2. The molecule has 1 fully saturated rings. The zero-order chi connectivity index (χ0) is 15.7. The lowest BCUT2D eigenvalue weighted by Crippen LogP contribution is -2.38. The minimum Gasteiger partial charge on any atom is -0.476 e. The number of aromatic nitrogens is 1. The average molecular weight is 312 g/mol. The third kappa shape index (κ3) is 3.24. The van der Waals surface area contributed by atoms with Crippen molar-refractivity contribution in [2.45, 2.75) is 45.9 Å². The van der Waals surface area contributed by atoms with Crippen molar-refractivity contribution in [3.8, 4) is 0 Å². The Morgan fingerprint density at radius 1 is 1.38 bits per heavy atom. The van der Waals surface area contributed by atoms with Crippen LogP contribution in [0.2, 0.25) is 0 Å². The van der Waals surface area contributed by atoms with Crippen molar-refractivity contribution < 1.29 is 19.4 Å². The fourth-order valence-electron chi connectivity index (χ4n) is 2.67. The first-order chi connectivity index (χ1) is 9.81. The number of rotatable bonds is 4. The number of nitrogens with zero attached hydrogens (tertiary/aromatic N) is 1. The molecule has 0 aromatic carbocycles. The van der Waals surface area contributed by atoms with Gasteiger partial charge in [0.1, 0.15) is 5.01 Å². The maximum absolute atomic E-state index is 12.4. The molecule has 1 amide bonds. The van der Waals surface area contributed by atoms with E-state index in [1.54, 1.807) is 6.92 Å². The molecule has 1 aromatic rings. The molecule has 21 heavy (non-hydrogen) atoms. The van der Waals surface area contributed by atoms with Gasteiger partial charge in [-0.2, -0.15) is 0 Å². The van der Waals surface area contributed by atoms with Crippen molar-refractivity contribution in [2.75, 3.05) is 0 Å². The number of nitrogens with one attached hydrogen (secondary N) is 1. The Bertz CT molecular complexity index is 545. The fourth-order valence-corrected chi connectivity index (χ4v) is 3.47. The van der Waals surface area contributed by atoms with Gasteiger partial charge in [-0.25, -0.2) is 9.78 Å². The van der Waals surface area contributed by atoms with Crippen LogP contribution in [0.1, 0.15) is 49.2 Å². The van der Waals surface area contributed by atoms with Gasteiger partial charge in [-0.15, -0.1) is 11.3 Å². The predicted molar refractivity (Wildman–Crippen MR) is 78.3 cm³/mol. The molecule has 0 spiro atoms. The smallest absolute Gasteiger partial charge is 0.355 e. The lowest BCUT2D eigenvalue weighted by Gasteiger charge is -2.20. The van der Waals surface area contributed by atoms with Crippen molar-refractivity contribution in [3.63, 3.8) is 0 Å². The van der Waals surface area contributed by atoms with E-state index in [1.807, 2.05) is 20.8 Å². The van der Waals surface area contributed by atoms with E-state index in [2.05, 4.69) is 10.3 Å². The lowest BCUT2D eigenvalue weighted by molar-refractivity contribution is -0.127. The van der Waals surface area contributed by atoms with E-state index < -0.39 is 5.97 Å². The number of aromatic carboxylic acids is 1. The van der Waals surface area contributed by atoms with Crippen LogP contribution in [0, 0.1) is 11.8 Å². The van der Waals surface area contributed by atoms with E-state index in [4.69, 9.17) is 9.84 Å². The zero-order valence-electron chi connectivity index (χ0n) is 12.5. The molecule has 2 N–H and O–H groups in total. The minimum atomic E-state index is -1.06. The van der Waals surface area contributed by atoms with Crippen LogP contribution in [0.15, 0.2) is 5.38 Å². The highest BCUT2D eigenvalue weighted by Gasteiger charge is 2.41. The summed E-state index contributed by atoms with van der Waals surface area (Å²) in [5.74, 6) is -1.17. The first kappa shape index (κ1) is 15.9. The number of carbonyl (C=O) groups excluding carboxylic acids is 1. The van der Waals surface area contributed by atoms with Crippen molar-refractivity contribution in [1.29, 1.82) is 0 Å². The summed E-state index contributed by atoms with van der Waals surface area (Å²) in [5.41, 5.74) is 0.00987. The Labute approximate surface area is 127 Å². The van der Waals surface area contributed by atoms with E-state index >= 15 is 0 Å². The first-order valence-electron chi connectivity index (χ1n) is 6.95. The van der Waals surface area contributed by atoms with Gasteiger partial charge in [0.25, 0.3) is 0 Å². The van der Waals surface area contributed by atoms with Gasteiger partial charge in [-0.05, 0) is 26.7 Å². The van der Waals surface area contributed by atoms with Gasteiger partial charge in [0.05, 0.1) is 24.2 Å². The molecule has 1 aliphatic rings. The van der Waals surface area contributed by atoms with Crippen molar-refractivity contribution in [3.05, 3.63) is 16.1 Å². The van der Waals surface area contributed by atoms with E-state index in [1.165, 1.54) is 16.7 Å². The second-order valence-electron chi connectivity index (χ2n) is 5.54. The summed E-state index contributed by atoms with van der Waals surface area (Å²) < 4.78 is 5.68. The number of ether oxygens (including phenoxy) is 1.